The Morgan fingerprint density at radius 3 is 2.31 bits per heavy atom. The minimum Gasteiger partial charge on any atom is -0.496 e. The second-order valence-electron chi connectivity index (χ2n) is 7.41. The Bertz CT molecular complexity index is 976. The van der Waals surface area contributed by atoms with Gasteiger partial charge in [0.15, 0.2) is 0 Å². The highest BCUT2D eigenvalue weighted by molar-refractivity contribution is 6.24. The molecular weight excluding hydrogens is 372 g/mol. The Hall–Kier alpha value is -3.19. The Kier molecular flexibility index (Phi) is 4.62. The highest BCUT2D eigenvalue weighted by atomic mass is 16.5. The van der Waals surface area contributed by atoms with E-state index in [1.54, 1.807) is 44.4 Å². The fourth-order valence-corrected chi connectivity index (χ4v) is 4.56. The van der Waals surface area contributed by atoms with Crippen LogP contribution < -0.4 is 15.0 Å². The third-order valence-corrected chi connectivity index (χ3v) is 5.89. The van der Waals surface area contributed by atoms with Crippen molar-refractivity contribution in [1.29, 1.82) is 0 Å². The standard InChI is InChI=1S/C22H22N2O5/c1-22(21(27)29-3)17-16(18(23-22)14-11-7-8-12-15(14)28-2)19(25)24(20(17)26)13-9-5-4-6-10-13/h4-12,16-18,23H,1-3H3/t16-,17-,18+,22+/m0/s1. The molecule has 0 saturated carbocycles. The Balaban J connectivity index is 1.86. The van der Waals surface area contributed by atoms with Crippen LogP contribution in [-0.4, -0.2) is 37.5 Å². The smallest absolute Gasteiger partial charge is 0.326 e. The number of fused-ring (bicyclic) bond motifs is 1. The van der Waals surface area contributed by atoms with Gasteiger partial charge in [-0.3, -0.25) is 19.7 Å². The second kappa shape index (κ2) is 7.00. The summed E-state index contributed by atoms with van der Waals surface area (Å²) in [6.07, 6.45) is 0. The summed E-state index contributed by atoms with van der Waals surface area (Å²) in [5.41, 5.74) is -0.141. The van der Waals surface area contributed by atoms with E-state index in [4.69, 9.17) is 9.47 Å². The number of hydrogen-bond acceptors (Lipinski definition) is 6. The highest BCUT2D eigenvalue weighted by Crippen LogP contribution is 2.51. The molecule has 4 rings (SSSR count). The average molecular weight is 394 g/mol. The predicted octanol–water partition coefficient (Wildman–Crippen LogP) is 2.08. The molecule has 2 aliphatic rings. The molecule has 29 heavy (non-hydrogen) atoms. The van der Waals surface area contributed by atoms with E-state index in [1.807, 2.05) is 24.3 Å². The molecule has 2 fully saturated rings. The Morgan fingerprint density at radius 1 is 1.00 bits per heavy atom. The van der Waals surface area contributed by atoms with E-state index in [0.717, 1.165) is 0 Å². The van der Waals surface area contributed by atoms with Gasteiger partial charge in [-0.1, -0.05) is 36.4 Å². The van der Waals surface area contributed by atoms with E-state index < -0.39 is 35.3 Å². The Labute approximate surface area is 168 Å². The maximum Gasteiger partial charge on any atom is 0.326 e. The summed E-state index contributed by atoms with van der Waals surface area (Å²) < 4.78 is 10.5. The van der Waals surface area contributed by atoms with Crippen LogP contribution in [0, 0.1) is 11.8 Å². The van der Waals surface area contributed by atoms with E-state index in [-0.39, 0.29) is 5.91 Å². The van der Waals surface area contributed by atoms with Crippen LogP contribution in [-0.2, 0) is 19.1 Å². The number of ether oxygens (including phenoxy) is 2. The van der Waals surface area contributed by atoms with Gasteiger partial charge in [0.25, 0.3) is 0 Å². The molecule has 2 heterocycles. The number of para-hydroxylation sites is 2. The lowest BCUT2D eigenvalue weighted by Crippen LogP contribution is -2.54. The zero-order valence-corrected chi connectivity index (χ0v) is 16.4. The van der Waals surface area contributed by atoms with Crippen molar-refractivity contribution in [2.24, 2.45) is 11.8 Å². The molecule has 2 amide bonds. The molecule has 0 aromatic heterocycles. The van der Waals surface area contributed by atoms with Crippen LogP contribution >= 0.6 is 0 Å². The number of methoxy groups -OCH3 is 2. The van der Waals surface area contributed by atoms with Gasteiger partial charge in [-0.2, -0.15) is 0 Å². The van der Waals surface area contributed by atoms with Crippen molar-refractivity contribution in [2.75, 3.05) is 19.1 Å². The van der Waals surface area contributed by atoms with Gasteiger partial charge in [-0.05, 0) is 25.1 Å². The normalized spacial score (nSPS) is 28.4. The summed E-state index contributed by atoms with van der Waals surface area (Å²) in [6, 6.07) is 15.5. The first-order valence-corrected chi connectivity index (χ1v) is 9.36. The van der Waals surface area contributed by atoms with Crippen molar-refractivity contribution < 1.29 is 23.9 Å². The van der Waals surface area contributed by atoms with E-state index in [9.17, 15) is 14.4 Å². The number of rotatable bonds is 4. The van der Waals surface area contributed by atoms with Crippen LogP contribution in [0.4, 0.5) is 5.69 Å². The van der Waals surface area contributed by atoms with E-state index in [0.29, 0.717) is 17.0 Å². The minimum absolute atomic E-state index is 0.345. The first-order valence-electron chi connectivity index (χ1n) is 9.36. The van der Waals surface area contributed by atoms with Gasteiger partial charge in [0.05, 0.1) is 31.7 Å². The fraction of sp³-hybridized carbons (Fsp3) is 0.318. The number of carbonyl (C=O) groups is 3. The lowest BCUT2D eigenvalue weighted by Gasteiger charge is -2.29. The number of hydrogen-bond donors (Lipinski definition) is 1. The predicted molar refractivity (Wildman–Crippen MR) is 105 cm³/mol. The van der Waals surface area contributed by atoms with E-state index >= 15 is 0 Å². The van der Waals surface area contributed by atoms with Crippen molar-refractivity contribution in [3.05, 3.63) is 60.2 Å². The van der Waals surface area contributed by atoms with Crippen molar-refractivity contribution in [3.8, 4) is 5.75 Å². The molecule has 4 atom stereocenters. The third-order valence-electron chi connectivity index (χ3n) is 5.89. The molecule has 0 radical (unpaired) electrons. The number of carbonyl (C=O) groups excluding carboxylic acids is 3. The van der Waals surface area contributed by atoms with Crippen molar-refractivity contribution in [2.45, 2.75) is 18.5 Å². The molecule has 0 aliphatic carbocycles. The number of anilines is 1. The summed E-state index contributed by atoms with van der Waals surface area (Å²) in [5.74, 6) is -2.41. The van der Waals surface area contributed by atoms with Crippen LogP contribution in [0.3, 0.4) is 0 Å². The van der Waals surface area contributed by atoms with Crippen molar-refractivity contribution >= 4 is 23.5 Å². The molecule has 7 nitrogen and oxygen atoms in total. The summed E-state index contributed by atoms with van der Waals surface area (Å²) in [4.78, 5) is 40.7. The van der Waals surface area contributed by atoms with Crippen molar-refractivity contribution in [3.63, 3.8) is 0 Å². The minimum atomic E-state index is -1.35. The number of esters is 1. The molecule has 2 saturated heterocycles. The fourth-order valence-electron chi connectivity index (χ4n) is 4.56. The lowest BCUT2D eigenvalue weighted by atomic mass is 9.80. The third kappa shape index (κ3) is 2.73. The monoisotopic (exact) mass is 394 g/mol. The summed E-state index contributed by atoms with van der Waals surface area (Å²) in [7, 11) is 2.82. The molecule has 7 heteroatoms. The van der Waals surface area contributed by atoms with Gasteiger partial charge in [0.2, 0.25) is 11.8 Å². The Morgan fingerprint density at radius 2 is 1.66 bits per heavy atom. The van der Waals surface area contributed by atoms with Gasteiger partial charge in [0, 0.05) is 11.6 Å². The average Bonchev–Trinajstić information content (AvgIpc) is 3.21. The van der Waals surface area contributed by atoms with Crippen LogP contribution in [0.15, 0.2) is 54.6 Å². The van der Waals surface area contributed by atoms with Gasteiger partial charge in [-0.25, -0.2) is 4.90 Å². The molecule has 2 aliphatic heterocycles. The lowest BCUT2D eigenvalue weighted by molar-refractivity contribution is -0.151. The molecule has 0 bridgehead atoms. The maximum absolute atomic E-state index is 13.5. The van der Waals surface area contributed by atoms with Crippen LogP contribution in [0.2, 0.25) is 0 Å². The largest absolute Gasteiger partial charge is 0.496 e. The number of nitrogens with one attached hydrogen (secondary N) is 1. The van der Waals surface area contributed by atoms with E-state index in [2.05, 4.69) is 5.32 Å². The van der Waals surface area contributed by atoms with Crippen LogP contribution in [0.5, 0.6) is 5.75 Å². The van der Waals surface area contributed by atoms with Gasteiger partial charge < -0.3 is 9.47 Å². The molecule has 0 spiro atoms. The second-order valence-corrected chi connectivity index (χ2v) is 7.41. The summed E-state index contributed by atoms with van der Waals surface area (Å²) in [6.45, 7) is 1.62. The first-order chi connectivity index (χ1) is 13.9. The van der Waals surface area contributed by atoms with E-state index in [1.165, 1.54) is 12.0 Å². The number of amides is 2. The number of benzene rings is 2. The quantitative estimate of drug-likeness (QED) is 0.631. The molecule has 1 N–H and O–H groups in total. The molecule has 2 aromatic rings. The zero-order chi connectivity index (χ0) is 20.8. The summed E-state index contributed by atoms with van der Waals surface area (Å²) >= 11 is 0. The van der Waals surface area contributed by atoms with Crippen molar-refractivity contribution in [1.82, 2.24) is 5.32 Å². The maximum atomic E-state index is 13.5. The highest BCUT2D eigenvalue weighted by Gasteiger charge is 2.67. The first kappa shape index (κ1) is 19.1. The summed E-state index contributed by atoms with van der Waals surface area (Å²) in [5, 5.41) is 3.22. The molecule has 150 valence electrons. The van der Waals surface area contributed by atoms with Gasteiger partial charge in [0.1, 0.15) is 11.3 Å². The molecule has 0 unspecified atom stereocenters. The molecule has 2 aromatic carbocycles. The SMILES string of the molecule is COC(=O)[C@]1(C)N[C@H](c2ccccc2OC)[C@H]2C(=O)N(c3ccccc3)C(=O)[C@H]21. The van der Waals surface area contributed by atoms with Crippen LogP contribution in [0.1, 0.15) is 18.5 Å². The van der Waals surface area contributed by atoms with Gasteiger partial charge in [-0.15, -0.1) is 0 Å². The number of imide groups is 1. The van der Waals surface area contributed by atoms with Crippen LogP contribution in [0.25, 0.3) is 0 Å². The molecular formula is C22H22N2O5. The zero-order valence-electron chi connectivity index (χ0n) is 16.4. The van der Waals surface area contributed by atoms with Gasteiger partial charge >= 0.3 is 5.97 Å². The topological polar surface area (TPSA) is 84.9 Å². The number of nitrogens with zero attached hydrogens (tertiary/aromatic N) is 1.